The van der Waals surface area contributed by atoms with E-state index < -0.39 is 10.0 Å². The summed E-state index contributed by atoms with van der Waals surface area (Å²) in [5.74, 6) is 0. The largest absolute Gasteiger partial charge is 0.398 e. The Kier molecular flexibility index (Phi) is 3.12. The molecule has 0 bridgehead atoms. The molecule has 0 aliphatic rings. The summed E-state index contributed by atoms with van der Waals surface area (Å²) < 4.78 is 25.9. The molecular formula is C10H12N4O2S. The average molecular weight is 252 g/mol. The molecule has 0 amide bonds. The monoisotopic (exact) mass is 252 g/mol. The van der Waals surface area contributed by atoms with Crippen molar-refractivity contribution >= 4 is 15.7 Å². The number of benzene rings is 1. The van der Waals surface area contributed by atoms with Crippen LogP contribution in [0.2, 0.25) is 0 Å². The standard InChI is InChI=1S/C10H12N4O2S/c11-9-4-2-1-3-8(9)7-13-17(15,16)10-5-6-12-14-10/h1-6,13H,7,11H2,(H,12,14). The Morgan fingerprint density at radius 2 is 2.06 bits per heavy atom. The Balaban J connectivity index is 2.12. The first-order valence-corrected chi connectivity index (χ1v) is 6.40. The number of hydrogen-bond donors (Lipinski definition) is 3. The van der Waals surface area contributed by atoms with Crippen molar-refractivity contribution in [3.8, 4) is 0 Å². The lowest BCUT2D eigenvalue weighted by Gasteiger charge is -2.06. The predicted molar refractivity (Wildman–Crippen MR) is 63.5 cm³/mol. The predicted octanol–water partition coefficient (Wildman–Crippen LogP) is 0.470. The third-order valence-electron chi connectivity index (χ3n) is 2.27. The van der Waals surface area contributed by atoms with E-state index in [1.807, 2.05) is 0 Å². The number of para-hydroxylation sites is 1. The van der Waals surface area contributed by atoms with Gasteiger partial charge in [0, 0.05) is 12.2 Å². The minimum absolute atomic E-state index is 0.0343. The van der Waals surface area contributed by atoms with E-state index in [0.29, 0.717) is 5.69 Å². The Morgan fingerprint density at radius 1 is 1.29 bits per heavy atom. The Morgan fingerprint density at radius 3 is 2.71 bits per heavy atom. The summed E-state index contributed by atoms with van der Waals surface area (Å²) in [5.41, 5.74) is 7.00. The third-order valence-corrected chi connectivity index (χ3v) is 3.60. The SMILES string of the molecule is Nc1ccccc1CNS(=O)(=O)c1ccn[nH]1. The van der Waals surface area contributed by atoms with Crippen LogP contribution in [-0.4, -0.2) is 18.6 Å². The highest BCUT2D eigenvalue weighted by Crippen LogP contribution is 2.11. The molecule has 0 radical (unpaired) electrons. The van der Waals surface area contributed by atoms with Crippen LogP contribution >= 0.6 is 0 Å². The number of anilines is 1. The van der Waals surface area contributed by atoms with Gasteiger partial charge in [-0.05, 0) is 17.7 Å². The molecule has 0 atom stereocenters. The molecule has 0 aliphatic carbocycles. The fraction of sp³-hybridized carbons (Fsp3) is 0.100. The van der Waals surface area contributed by atoms with Crippen molar-refractivity contribution < 1.29 is 8.42 Å². The van der Waals surface area contributed by atoms with Gasteiger partial charge in [0.15, 0.2) is 5.03 Å². The minimum Gasteiger partial charge on any atom is -0.398 e. The van der Waals surface area contributed by atoms with Gasteiger partial charge in [0.05, 0.1) is 6.20 Å². The maximum atomic E-state index is 11.8. The van der Waals surface area contributed by atoms with Gasteiger partial charge >= 0.3 is 0 Å². The Bertz CT molecular complexity index is 593. The van der Waals surface area contributed by atoms with E-state index in [2.05, 4.69) is 14.9 Å². The number of H-pyrrole nitrogens is 1. The van der Waals surface area contributed by atoms with Crippen LogP contribution in [0.4, 0.5) is 5.69 Å². The second-order valence-electron chi connectivity index (χ2n) is 3.44. The van der Waals surface area contributed by atoms with Crippen LogP contribution in [0.15, 0.2) is 41.6 Å². The summed E-state index contributed by atoms with van der Waals surface area (Å²) in [6, 6.07) is 8.47. The van der Waals surface area contributed by atoms with Gasteiger partial charge in [-0.15, -0.1) is 0 Å². The van der Waals surface area contributed by atoms with Gasteiger partial charge in [-0.25, -0.2) is 13.1 Å². The maximum absolute atomic E-state index is 11.8. The van der Waals surface area contributed by atoms with Crippen molar-refractivity contribution in [3.63, 3.8) is 0 Å². The molecule has 1 aromatic heterocycles. The number of aromatic amines is 1. The van der Waals surface area contributed by atoms with Crippen LogP contribution in [0.25, 0.3) is 0 Å². The molecule has 0 unspecified atom stereocenters. The van der Waals surface area contributed by atoms with Gasteiger partial charge in [-0.2, -0.15) is 5.10 Å². The molecule has 1 heterocycles. The van der Waals surface area contributed by atoms with Crippen LogP contribution in [0, 0.1) is 0 Å². The number of nitrogens with one attached hydrogen (secondary N) is 2. The fourth-order valence-electron chi connectivity index (χ4n) is 1.34. The van der Waals surface area contributed by atoms with Crippen LogP contribution in [-0.2, 0) is 16.6 Å². The van der Waals surface area contributed by atoms with Crippen molar-refractivity contribution in [1.82, 2.24) is 14.9 Å². The maximum Gasteiger partial charge on any atom is 0.257 e. The highest BCUT2D eigenvalue weighted by Gasteiger charge is 2.15. The van der Waals surface area contributed by atoms with E-state index in [0.717, 1.165) is 5.56 Å². The zero-order valence-electron chi connectivity index (χ0n) is 8.92. The summed E-state index contributed by atoms with van der Waals surface area (Å²) in [6.45, 7) is 0.147. The molecule has 0 fully saturated rings. The number of nitrogen functional groups attached to an aromatic ring is 1. The van der Waals surface area contributed by atoms with Crippen molar-refractivity contribution in [1.29, 1.82) is 0 Å². The summed E-state index contributed by atoms with van der Waals surface area (Å²) in [6.07, 6.45) is 1.38. The van der Waals surface area contributed by atoms with Gasteiger partial charge in [-0.1, -0.05) is 18.2 Å². The van der Waals surface area contributed by atoms with Crippen LogP contribution < -0.4 is 10.5 Å². The van der Waals surface area contributed by atoms with E-state index in [4.69, 9.17) is 5.73 Å². The first-order chi connectivity index (χ1) is 8.09. The van der Waals surface area contributed by atoms with E-state index >= 15 is 0 Å². The molecule has 2 rings (SSSR count). The molecule has 4 N–H and O–H groups in total. The molecule has 0 saturated carbocycles. The molecule has 2 aromatic rings. The number of hydrogen-bond acceptors (Lipinski definition) is 4. The Labute approximate surface area is 98.9 Å². The van der Waals surface area contributed by atoms with E-state index in [1.165, 1.54) is 12.3 Å². The lowest BCUT2D eigenvalue weighted by molar-refractivity contribution is 0.577. The smallest absolute Gasteiger partial charge is 0.257 e. The topological polar surface area (TPSA) is 101 Å². The van der Waals surface area contributed by atoms with E-state index in [9.17, 15) is 8.42 Å². The zero-order valence-corrected chi connectivity index (χ0v) is 9.74. The number of nitrogens with two attached hydrogens (primary N) is 1. The lowest BCUT2D eigenvalue weighted by atomic mass is 10.2. The molecule has 6 nitrogen and oxygen atoms in total. The second kappa shape index (κ2) is 4.56. The highest BCUT2D eigenvalue weighted by atomic mass is 32.2. The third kappa shape index (κ3) is 2.63. The molecular weight excluding hydrogens is 240 g/mol. The lowest BCUT2D eigenvalue weighted by Crippen LogP contribution is -2.24. The van der Waals surface area contributed by atoms with Gasteiger partial charge in [-0.3, -0.25) is 5.10 Å². The molecule has 0 spiro atoms. The summed E-state index contributed by atoms with van der Waals surface area (Å²) in [4.78, 5) is 0. The summed E-state index contributed by atoms with van der Waals surface area (Å²) >= 11 is 0. The molecule has 1 aromatic carbocycles. The summed E-state index contributed by atoms with van der Waals surface area (Å²) in [7, 11) is -3.56. The molecule has 0 aliphatic heterocycles. The van der Waals surface area contributed by atoms with Crippen molar-refractivity contribution in [2.75, 3.05) is 5.73 Å². The normalized spacial score (nSPS) is 11.5. The first kappa shape index (κ1) is 11.6. The average Bonchev–Trinajstić information content (AvgIpc) is 2.82. The number of nitrogens with zero attached hydrogens (tertiary/aromatic N) is 1. The van der Waals surface area contributed by atoms with Crippen molar-refractivity contribution in [2.45, 2.75) is 11.6 Å². The van der Waals surface area contributed by atoms with Crippen molar-refractivity contribution in [3.05, 3.63) is 42.1 Å². The summed E-state index contributed by atoms with van der Waals surface area (Å²) in [5, 5.41) is 6.02. The van der Waals surface area contributed by atoms with Crippen LogP contribution in [0.1, 0.15) is 5.56 Å². The minimum atomic E-state index is -3.56. The van der Waals surface area contributed by atoms with Gasteiger partial charge < -0.3 is 5.73 Å². The van der Waals surface area contributed by atoms with E-state index in [1.54, 1.807) is 24.3 Å². The molecule has 0 saturated heterocycles. The highest BCUT2D eigenvalue weighted by molar-refractivity contribution is 7.89. The first-order valence-electron chi connectivity index (χ1n) is 4.92. The van der Waals surface area contributed by atoms with Crippen molar-refractivity contribution in [2.24, 2.45) is 0 Å². The molecule has 17 heavy (non-hydrogen) atoms. The number of rotatable bonds is 4. The van der Waals surface area contributed by atoms with Crippen LogP contribution in [0.3, 0.4) is 0 Å². The second-order valence-corrected chi connectivity index (χ2v) is 5.18. The fourth-order valence-corrected chi connectivity index (χ4v) is 2.25. The van der Waals surface area contributed by atoms with E-state index in [-0.39, 0.29) is 11.6 Å². The molecule has 7 heteroatoms. The van der Waals surface area contributed by atoms with Gasteiger partial charge in [0.1, 0.15) is 0 Å². The molecule has 90 valence electrons. The number of aromatic nitrogens is 2. The van der Waals surface area contributed by atoms with Gasteiger partial charge in [0.2, 0.25) is 0 Å². The van der Waals surface area contributed by atoms with Gasteiger partial charge in [0.25, 0.3) is 10.0 Å². The Hall–Kier alpha value is -1.86. The number of sulfonamides is 1. The van der Waals surface area contributed by atoms with Crippen LogP contribution in [0.5, 0.6) is 0 Å². The zero-order chi connectivity index (χ0) is 12.3. The quantitative estimate of drug-likeness (QED) is 0.688.